The number of ketones is 2. The predicted molar refractivity (Wildman–Crippen MR) is 188 cm³/mol. The van der Waals surface area contributed by atoms with Gasteiger partial charge in [0.25, 0.3) is 5.91 Å². The van der Waals surface area contributed by atoms with Crippen LogP contribution >= 0.6 is 0 Å². The molecular weight excluding hydrogens is 670 g/mol. The minimum atomic E-state index is -3.02. The van der Waals surface area contributed by atoms with Gasteiger partial charge in [-0.15, -0.1) is 0 Å². The molecule has 52 heavy (non-hydrogen) atoms. The molecule has 0 heterocycles. The maximum Gasteiger partial charge on any atom is 0.323 e. The van der Waals surface area contributed by atoms with E-state index >= 15 is 0 Å². The van der Waals surface area contributed by atoms with Gasteiger partial charge in [0, 0.05) is 29.2 Å². The molecule has 0 aromatic heterocycles. The zero-order valence-corrected chi connectivity index (χ0v) is 27.6. The average molecular weight is 704 g/mol. The number of esters is 1. The number of rotatable bonds is 6. The van der Waals surface area contributed by atoms with Crippen molar-refractivity contribution < 1.29 is 49.1 Å². The second-order valence-electron chi connectivity index (χ2n) is 13.1. The Hall–Kier alpha value is -6.47. The third kappa shape index (κ3) is 5.33. The predicted octanol–water partition coefficient (Wildman–Crippen LogP) is 4.55. The standard InChI is InChI=1S/C39H33N3O10/c1-18-21-14-15-25(42-38(50)41-24-13-7-11-20-10-5-6-12-22(20)24)32(45)29(21)33(46)31-28(18)34(52-27(44)16-19-8-3-2-4-9-19)23-17-26(43)30(37(40)49)35(47)39(23,51)36(31)48/h2-15,18,23,28,34,45-47,51H,16-17H2,1H3,(H2,40,49)(H2,41,42,50)/t18-,23+,28+,34+,39+/m0/s1. The number of aliphatic hydroxyl groups excluding tert-OH is 2. The zero-order chi connectivity index (χ0) is 37.1. The minimum Gasteiger partial charge on any atom is -0.508 e. The van der Waals surface area contributed by atoms with Crippen LogP contribution in [0.15, 0.2) is 102 Å². The van der Waals surface area contributed by atoms with Gasteiger partial charge in [0.1, 0.15) is 28.9 Å². The first-order valence-corrected chi connectivity index (χ1v) is 16.4. The van der Waals surface area contributed by atoms with E-state index in [1.165, 1.54) is 12.1 Å². The van der Waals surface area contributed by atoms with Crippen LogP contribution in [-0.4, -0.2) is 61.6 Å². The Morgan fingerprint density at radius 2 is 1.56 bits per heavy atom. The summed E-state index contributed by atoms with van der Waals surface area (Å²) in [6.45, 7) is 1.64. The van der Waals surface area contributed by atoms with E-state index in [4.69, 9.17) is 10.5 Å². The largest absolute Gasteiger partial charge is 0.508 e. The monoisotopic (exact) mass is 703 g/mol. The molecule has 0 radical (unpaired) electrons. The highest BCUT2D eigenvalue weighted by atomic mass is 16.5. The fourth-order valence-corrected chi connectivity index (χ4v) is 7.79. The second-order valence-corrected chi connectivity index (χ2v) is 13.1. The topological polar surface area (TPSA) is 226 Å². The number of aliphatic hydroxyl groups is 3. The summed E-state index contributed by atoms with van der Waals surface area (Å²) >= 11 is 0. The van der Waals surface area contributed by atoms with E-state index in [1.54, 1.807) is 49.4 Å². The molecule has 4 aromatic carbocycles. The number of hydrogen-bond acceptors (Lipinski definition) is 10. The lowest BCUT2D eigenvalue weighted by atomic mass is 9.55. The van der Waals surface area contributed by atoms with Crippen LogP contribution in [0.5, 0.6) is 5.75 Å². The molecule has 0 spiro atoms. The van der Waals surface area contributed by atoms with E-state index in [-0.39, 0.29) is 17.7 Å². The SMILES string of the molecule is C[C@H]1c2ccc(NC(=O)Nc3cccc4ccccc34)c(O)c2C(O)=C2C(=O)[C@]3(O)C(O)=C(C(N)=O)C(=O)C[C@@H]3[C@@H](OC(=O)Cc3ccccc3)[C@@H]21. The van der Waals surface area contributed by atoms with Crippen LogP contribution in [-0.2, 0) is 30.3 Å². The molecule has 4 aromatic rings. The Bertz CT molecular complexity index is 2280. The molecule has 3 amide bonds. The average Bonchev–Trinajstić information content (AvgIpc) is 3.11. The first-order valence-electron chi connectivity index (χ1n) is 16.4. The number of aromatic hydroxyl groups is 1. The van der Waals surface area contributed by atoms with Gasteiger partial charge >= 0.3 is 12.0 Å². The number of nitrogens with one attached hydrogen (secondary N) is 2. The highest BCUT2D eigenvalue weighted by molar-refractivity contribution is 6.23. The lowest BCUT2D eigenvalue weighted by molar-refractivity contribution is -0.178. The van der Waals surface area contributed by atoms with Gasteiger partial charge in [-0.3, -0.25) is 19.2 Å². The molecule has 3 aliphatic rings. The lowest BCUT2D eigenvalue weighted by Crippen LogP contribution is -2.64. The van der Waals surface area contributed by atoms with Crippen molar-refractivity contribution in [1.29, 1.82) is 0 Å². The van der Waals surface area contributed by atoms with Crippen molar-refractivity contribution >= 4 is 57.4 Å². The van der Waals surface area contributed by atoms with Crippen molar-refractivity contribution in [2.75, 3.05) is 10.6 Å². The summed E-state index contributed by atoms with van der Waals surface area (Å²) in [6, 6.07) is 23.5. The van der Waals surface area contributed by atoms with Gasteiger partial charge in [-0.2, -0.15) is 0 Å². The third-order valence-electron chi connectivity index (χ3n) is 10.2. The summed E-state index contributed by atoms with van der Waals surface area (Å²) < 4.78 is 5.94. The number of fused-ring (bicyclic) bond motifs is 4. The van der Waals surface area contributed by atoms with Crippen molar-refractivity contribution in [3.05, 3.63) is 119 Å². The highest BCUT2D eigenvalue weighted by Crippen LogP contribution is 2.57. The van der Waals surface area contributed by atoms with Crippen LogP contribution in [0.3, 0.4) is 0 Å². The number of hydrogen-bond donors (Lipinski definition) is 7. The Morgan fingerprint density at radius 1 is 0.885 bits per heavy atom. The zero-order valence-electron chi connectivity index (χ0n) is 27.6. The summed E-state index contributed by atoms with van der Waals surface area (Å²) in [7, 11) is 0. The van der Waals surface area contributed by atoms with Crippen LogP contribution in [0.2, 0.25) is 0 Å². The van der Waals surface area contributed by atoms with E-state index < -0.39 is 93.8 Å². The fraction of sp³-hybridized carbons (Fsp3) is 0.205. The second kappa shape index (κ2) is 12.7. The molecule has 1 saturated carbocycles. The van der Waals surface area contributed by atoms with Gasteiger partial charge in [-0.1, -0.05) is 79.7 Å². The van der Waals surface area contributed by atoms with Crippen molar-refractivity contribution in [3.8, 4) is 5.75 Å². The summed E-state index contributed by atoms with van der Waals surface area (Å²) in [5.41, 5.74) is 1.81. The molecule has 0 saturated heterocycles. The number of benzene rings is 4. The molecule has 1 fully saturated rings. The van der Waals surface area contributed by atoms with Crippen molar-refractivity contribution in [1.82, 2.24) is 0 Å². The van der Waals surface area contributed by atoms with E-state index in [2.05, 4.69) is 10.6 Å². The quantitative estimate of drug-likeness (QED) is 0.0843. The molecule has 0 unspecified atom stereocenters. The van der Waals surface area contributed by atoms with E-state index in [0.29, 0.717) is 16.8 Å². The van der Waals surface area contributed by atoms with Crippen molar-refractivity contribution in [3.63, 3.8) is 0 Å². The van der Waals surface area contributed by atoms with Gasteiger partial charge in [-0.05, 0) is 34.6 Å². The van der Waals surface area contributed by atoms with Crippen LogP contribution < -0.4 is 16.4 Å². The number of ether oxygens (including phenoxy) is 1. The number of phenolic OH excluding ortho intramolecular Hbond substituents is 1. The maximum atomic E-state index is 14.3. The molecule has 0 bridgehead atoms. The molecular formula is C39H33N3O10. The Labute approximate surface area is 296 Å². The number of carbonyl (C=O) groups excluding carboxylic acids is 5. The number of nitrogens with two attached hydrogens (primary N) is 1. The lowest BCUT2D eigenvalue weighted by Gasteiger charge is -2.51. The third-order valence-corrected chi connectivity index (χ3v) is 10.2. The number of amides is 3. The van der Waals surface area contributed by atoms with Crippen LogP contribution in [0, 0.1) is 11.8 Å². The van der Waals surface area contributed by atoms with Crippen molar-refractivity contribution in [2.24, 2.45) is 17.6 Å². The van der Waals surface area contributed by atoms with Gasteiger partial charge in [0.2, 0.25) is 5.78 Å². The number of Topliss-reactive ketones (excluding diaryl/α,β-unsaturated/α-hetero) is 2. The Morgan fingerprint density at radius 3 is 2.29 bits per heavy atom. The first kappa shape index (κ1) is 34.0. The summed E-state index contributed by atoms with van der Waals surface area (Å²) in [4.78, 5) is 66.2. The van der Waals surface area contributed by atoms with Gasteiger partial charge < -0.3 is 41.5 Å². The summed E-state index contributed by atoms with van der Waals surface area (Å²) in [6.07, 6.45) is -2.41. The molecule has 13 nitrogen and oxygen atoms in total. The molecule has 3 aliphatic carbocycles. The fourth-order valence-electron chi connectivity index (χ4n) is 7.79. The molecule has 8 N–H and O–H groups in total. The molecule has 5 atom stereocenters. The molecule has 13 heteroatoms. The number of anilines is 2. The number of carbonyl (C=O) groups is 5. The Kier molecular flexibility index (Phi) is 8.30. The molecule has 7 rings (SSSR count). The summed E-state index contributed by atoms with van der Waals surface area (Å²) in [5, 5.41) is 53.4. The molecule has 264 valence electrons. The van der Waals surface area contributed by atoms with Gasteiger partial charge in [0.05, 0.1) is 23.4 Å². The number of primary amides is 1. The minimum absolute atomic E-state index is 0.137. The van der Waals surface area contributed by atoms with E-state index in [1.807, 2.05) is 30.3 Å². The number of phenols is 1. The van der Waals surface area contributed by atoms with Crippen LogP contribution in [0.1, 0.15) is 36.0 Å². The van der Waals surface area contributed by atoms with Crippen molar-refractivity contribution in [2.45, 2.75) is 37.4 Å². The Balaban J connectivity index is 1.30. The smallest absolute Gasteiger partial charge is 0.323 e. The van der Waals surface area contributed by atoms with Crippen LogP contribution in [0.4, 0.5) is 16.2 Å². The van der Waals surface area contributed by atoms with E-state index in [9.17, 15) is 44.4 Å². The normalized spacial score (nSPS) is 23.7. The van der Waals surface area contributed by atoms with Crippen LogP contribution in [0.25, 0.3) is 16.5 Å². The van der Waals surface area contributed by atoms with Gasteiger partial charge in [0.15, 0.2) is 11.4 Å². The first-order chi connectivity index (χ1) is 24.8. The molecule has 0 aliphatic heterocycles. The van der Waals surface area contributed by atoms with E-state index in [0.717, 1.165) is 10.8 Å². The summed E-state index contributed by atoms with van der Waals surface area (Å²) in [5.74, 6) is -10.8. The maximum absolute atomic E-state index is 14.3. The highest BCUT2D eigenvalue weighted by Gasteiger charge is 2.66. The number of urea groups is 1. The van der Waals surface area contributed by atoms with Gasteiger partial charge in [-0.25, -0.2) is 4.79 Å².